The van der Waals surface area contributed by atoms with E-state index in [1.54, 1.807) is 12.3 Å². The number of allylic oxidation sites excluding steroid dienone is 1. The first-order valence-corrected chi connectivity index (χ1v) is 3.17. The van der Waals surface area contributed by atoms with Crippen molar-refractivity contribution in [3.8, 4) is 0 Å². The molecule has 0 saturated carbocycles. The summed E-state index contributed by atoms with van der Waals surface area (Å²) >= 11 is 0. The molecule has 0 fully saturated rings. The number of rotatable bonds is 1. The van der Waals surface area contributed by atoms with E-state index in [9.17, 15) is 4.79 Å². The molecule has 0 saturated heterocycles. The lowest BCUT2D eigenvalue weighted by Gasteiger charge is -2.02. The zero-order valence-corrected chi connectivity index (χ0v) is 5.87. The zero-order valence-electron chi connectivity index (χ0n) is 5.87. The average Bonchev–Trinajstić information content (AvgIpc) is 1.88. The molecule has 54 valence electrons. The number of hydrogen-bond acceptors (Lipinski definition) is 1. The molecular formula is C7H10NO2+. The second kappa shape index (κ2) is 2.64. The Hall–Kier alpha value is -1.12. The van der Waals surface area contributed by atoms with Crippen molar-refractivity contribution < 1.29 is 14.5 Å². The molecule has 1 N–H and O–H groups in total. The van der Waals surface area contributed by atoms with E-state index in [0.29, 0.717) is 12.0 Å². The predicted molar refractivity (Wildman–Crippen MR) is 37.5 cm³/mol. The van der Waals surface area contributed by atoms with E-state index in [1.165, 1.54) is 0 Å². The van der Waals surface area contributed by atoms with E-state index in [-0.39, 0.29) is 0 Å². The van der Waals surface area contributed by atoms with Gasteiger partial charge in [0.05, 0.1) is 0 Å². The van der Waals surface area contributed by atoms with Crippen LogP contribution < -0.4 is 0 Å². The standard InChI is InChI=1S/C7H9NO2/c1-8-4-2-6(3-5-8)7(9)10/h2,4H,3,5H2,1H3/p+1. The van der Waals surface area contributed by atoms with Gasteiger partial charge in [0.15, 0.2) is 6.21 Å². The first kappa shape index (κ1) is 6.99. The lowest BCUT2D eigenvalue weighted by atomic mass is 10.1. The molecule has 0 amide bonds. The summed E-state index contributed by atoms with van der Waals surface area (Å²) in [7, 11) is 1.93. The van der Waals surface area contributed by atoms with Crippen molar-refractivity contribution in [2.45, 2.75) is 6.42 Å². The number of carbonyl (C=O) groups is 1. The Labute approximate surface area is 59.3 Å². The van der Waals surface area contributed by atoms with Crippen LogP contribution in [0.3, 0.4) is 0 Å². The first-order chi connectivity index (χ1) is 4.70. The molecule has 10 heavy (non-hydrogen) atoms. The predicted octanol–water partition coefficient (Wildman–Crippen LogP) is 0.114. The van der Waals surface area contributed by atoms with Gasteiger partial charge in [-0.15, -0.1) is 0 Å². The molecule has 0 unspecified atom stereocenters. The zero-order chi connectivity index (χ0) is 7.56. The molecule has 1 rings (SSSR count). The van der Waals surface area contributed by atoms with Crippen molar-refractivity contribution >= 4 is 12.2 Å². The first-order valence-electron chi connectivity index (χ1n) is 3.17. The molecule has 0 radical (unpaired) electrons. The smallest absolute Gasteiger partial charge is 0.332 e. The Kier molecular flexibility index (Phi) is 1.85. The summed E-state index contributed by atoms with van der Waals surface area (Å²) in [6, 6.07) is 0. The van der Waals surface area contributed by atoms with Crippen molar-refractivity contribution in [2.24, 2.45) is 0 Å². The maximum atomic E-state index is 10.4. The normalized spacial score (nSPS) is 17.7. The minimum Gasteiger partial charge on any atom is -0.478 e. The SMILES string of the molecule is C[N+]1=CC=C(C(=O)O)CC1. The Morgan fingerprint density at radius 3 is 2.90 bits per heavy atom. The largest absolute Gasteiger partial charge is 0.478 e. The highest BCUT2D eigenvalue weighted by atomic mass is 16.4. The summed E-state index contributed by atoms with van der Waals surface area (Å²) in [5.41, 5.74) is 0.498. The maximum absolute atomic E-state index is 10.4. The number of hydrogen-bond donors (Lipinski definition) is 1. The molecule has 0 aliphatic carbocycles. The Bertz CT molecular complexity index is 216. The van der Waals surface area contributed by atoms with Gasteiger partial charge in [-0.2, -0.15) is 0 Å². The average molecular weight is 140 g/mol. The van der Waals surface area contributed by atoms with Crippen molar-refractivity contribution in [3.63, 3.8) is 0 Å². The van der Waals surface area contributed by atoms with Gasteiger partial charge in [0.2, 0.25) is 0 Å². The van der Waals surface area contributed by atoms with Crippen LogP contribution in [0.15, 0.2) is 11.6 Å². The number of carboxylic acids is 1. The highest BCUT2D eigenvalue weighted by Crippen LogP contribution is 2.03. The van der Waals surface area contributed by atoms with Crippen LogP contribution in [-0.2, 0) is 4.79 Å². The minimum absolute atomic E-state index is 0.498. The molecule has 0 aromatic rings. The van der Waals surface area contributed by atoms with Gasteiger partial charge in [-0.05, 0) is 0 Å². The number of carboxylic acid groups (broad SMARTS) is 1. The van der Waals surface area contributed by atoms with E-state index in [0.717, 1.165) is 6.54 Å². The van der Waals surface area contributed by atoms with Crippen LogP contribution >= 0.6 is 0 Å². The molecule has 0 spiro atoms. The van der Waals surface area contributed by atoms with Gasteiger partial charge in [-0.1, -0.05) is 0 Å². The molecule has 3 nitrogen and oxygen atoms in total. The summed E-state index contributed by atoms with van der Waals surface area (Å²) in [5.74, 6) is -0.802. The van der Waals surface area contributed by atoms with Crippen LogP contribution in [0.1, 0.15) is 6.42 Å². The highest BCUT2D eigenvalue weighted by molar-refractivity contribution is 5.91. The summed E-state index contributed by atoms with van der Waals surface area (Å²) in [6.07, 6.45) is 4.07. The fourth-order valence-electron chi connectivity index (χ4n) is 0.850. The van der Waals surface area contributed by atoms with Gasteiger partial charge in [0.25, 0.3) is 0 Å². The quantitative estimate of drug-likeness (QED) is 0.525. The Morgan fingerprint density at radius 2 is 2.50 bits per heavy atom. The van der Waals surface area contributed by atoms with Gasteiger partial charge in [0, 0.05) is 18.1 Å². The second-order valence-corrected chi connectivity index (χ2v) is 2.38. The molecule has 1 aliphatic heterocycles. The van der Waals surface area contributed by atoms with E-state index < -0.39 is 5.97 Å². The Morgan fingerprint density at radius 1 is 1.80 bits per heavy atom. The third kappa shape index (κ3) is 1.43. The highest BCUT2D eigenvalue weighted by Gasteiger charge is 2.12. The molecule has 0 aromatic heterocycles. The third-order valence-corrected chi connectivity index (χ3v) is 1.54. The summed E-state index contributed by atoms with van der Waals surface area (Å²) < 4.78 is 1.96. The minimum atomic E-state index is -0.802. The van der Waals surface area contributed by atoms with E-state index in [2.05, 4.69) is 0 Å². The van der Waals surface area contributed by atoms with Crippen molar-refractivity contribution in [3.05, 3.63) is 11.6 Å². The molecular weight excluding hydrogens is 130 g/mol. The van der Waals surface area contributed by atoms with Crippen molar-refractivity contribution in [2.75, 3.05) is 13.6 Å². The van der Waals surface area contributed by atoms with Gasteiger partial charge in [0.1, 0.15) is 13.6 Å². The van der Waals surface area contributed by atoms with Gasteiger partial charge in [-0.3, -0.25) is 0 Å². The van der Waals surface area contributed by atoms with Gasteiger partial charge in [-0.25, -0.2) is 9.37 Å². The molecule has 0 aromatic carbocycles. The topological polar surface area (TPSA) is 40.3 Å². The maximum Gasteiger partial charge on any atom is 0.332 e. The van der Waals surface area contributed by atoms with Gasteiger partial charge >= 0.3 is 5.97 Å². The molecule has 3 heteroatoms. The van der Waals surface area contributed by atoms with Crippen LogP contribution in [0.25, 0.3) is 0 Å². The van der Waals surface area contributed by atoms with Crippen LogP contribution in [0.4, 0.5) is 0 Å². The van der Waals surface area contributed by atoms with Crippen LogP contribution in [0.2, 0.25) is 0 Å². The fourth-order valence-corrected chi connectivity index (χ4v) is 0.850. The molecule has 0 atom stereocenters. The molecule has 1 heterocycles. The fraction of sp³-hybridized carbons (Fsp3) is 0.429. The number of aliphatic carboxylic acids is 1. The lowest BCUT2D eigenvalue weighted by Crippen LogP contribution is -2.16. The molecule has 1 aliphatic rings. The van der Waals surface area contributed by atoms with E-state index in [1.807, 2.05) is 11.6 Å². The van der Waals surface area contributed by atoms with Crippen molar-refractivity contribution in [1.29, 1.82) is 0 Å². The van der Waals surface area contributed by atoms with Crippen LogP contribution in [0.5, 0.6) is 0 Å². The summed E-state index contributed by atoms with van der Waals surface area (Å²) in [6.45, 7) is 0.804. The van der Waals surface area contributed by atoms with Crippen LogP contribution in [0, 0.1) is 0 Å². The van der Waals surface area contributed by atoms with Gasteiger partial charge < -0.3 is 5.11 Å². The third-order valence-electron chi connectivity index (χ3n) is 1.54. The summed E-state index contributed by atoms with van der Waals surface area (Å²) in [4.78, 5) is 10.4. The molecule has 0 bridgehead atoms. The Balaban J connectivity index is 2.74. The monoisotopic (exact) mass is 140 g/mol. The number of nitrogens with zero attached hydrogens (tertiary/aromatic N) is 1. The lowest BCUT2D eigenvalue weighted by molar-refractivity contribution is -0.492. The van der Waals surface area contributed by atoms with Crippen LogP contribution in [-0.4, -0.2) is 35.5 Å². The van der Waals surface area contributed by atoms with E-state index >= 15 is 0 Å². The van der Waals surface area contributed by atoms with E-state index in [4.69, 9.17) is 5.11 Å². The summed E-state index contributed by atoms with van der Waals surface area (Å²) in [5, 5.41) is 8.52. The van der Waals surface area contributed by atoms with Crippen molar-refractivity contribution in [1.82, 2.24) is 0 Å². The second-order valence-electron chi connectivity index (χ2n) is 2.38.